The number of aryl methyl sites for hydroxylation is 1. The fraction of sp³-hybridized carbons (Fsp3) is 0.448. The first kappa shape index (κ1) is 27.3. The minimum atomic E-state index is -0.356. The van der Waals surface area contributed by atoms with Gasteiger partial charge in [0.25, 0.3) is 0 Å². The van der Waals surface area contributed by atoms with Crippen molar-refractivity contribution in [2.45, 2.75) is 25.9 Å². The van der Waals surface area contributed by atoms with Crippen molar-refractivity contribution in [1.29, 1.82) is 5.26 Å². The number of carbonyl (C=O) groups excluding carboxylic acids is 1. The van der Waals surface area contributed by atoms with E-state index in [0.29, 0.717) is 40.9 Å². The van der Waals surface area contributed by atoms with Gasteiger partial charge in [0.15, 0.2) is 10.1 Å². The van der Waals surface area contributed by atoms with E-state index in [1.54, 1.807) is 28.4 Å². The number of fused-ring (bicyclic) bond motifs is 1. The molecule has 0 bridgehead atoms. The van der Waals surface area contributed by atoms with Crippen LogP contribution >= 0.6 is 22.7 Å². The van der Waals surface area contributed by atoms with Gasteiger partial charge in [-0.1, -0.05) is 22.7 Å². The third-order valence-electron chi connectivity index (χ3n) is 8.72. The summed E-state index contributed by atoms with van der Waals surface area (Å²) >= 11 is 2.98. The molecule has 6 heterocycles. The molecular formula is C29H31FN8O2S2. The molecule has 1 aromatic carbocycles. The summed E-state index contributed by atoms with van der Waals surface area (Å²) in [6.07, 6.45) is 3.98. The number of β-amino-alcohol motifs (C(OH)–C–C–N with tert-alkyl or cyclic N) is 1. The zero-order valence-corrected chi connectivity index (χ0v) is 25.1. The van der Waals surface area contributed by atoms with Crippen molar-refractivity contribution in [2.24, 2.45) is 5.41 Å². The molecule has 218 valence electrons. The number of thiazole rings is 2. The average Bonchev–Trinajstić information content (AvgIpc) is 3.63. The number of aliphatic hydroxyl groups excluding tert-OH is 1. The number of nitrogens with zero attached hydrogens (tertiary/aromatic N) is 8. The average molecular weight is 607 g/mol. The quantitative estimate of drug-likeness (QED) is 0.354. The number of piperidine rings is 1. The van der Waals surface area contributed by atoms with Gasteiger partial charge in [0.05, 0.1) is 18.3 Å². The summed E-state index contributed by atoms with van der Waals surface area (Å²) in [5, 5.41) is 21.1. The number of aromatic nitrogens is 3. The van der Waals surface area contributed by atoms with Crippen LogP contribution < -0.4 is 9.80 Å². The molecule has 3 aliphatic heterocycles. The normalized spacial score (nSPS) is 18.7. The number of amides is 1. The SMILES string of the molecule is Cc1nc2sc(N3CCC4(CC3)CN(CC(=O)N3CC(O)C3)C4)cn2c1N(C)c1nc(-c2ccc(F)cc2)c(C#N)s1. The van der Waals surface area contributed by atoms with Crippen LogP contribution in [0.3, 0.4) is 0 Å². The molecule has 0 atom stereocenters. The molecule has 1 spiro atoms. The molecule has 10 nitrogen and oxygen atoms in total. The first-order chi connectivity index (χ1) is 20.2. The molecular weight excluding hydrogens is 576 g/mol. The molecule has 0 radical (unpaired) electrons. The maximum atomic E-state index is 13.5. The number of aliphatic hydroxyl groups is 1. The van der Waals surface area contributed by atoms with E-state index in [-0.39, 0.29) is 23.2 Å². The Morgan fingerprint density at radius 1 is 1.19 bits per heavy atom. The summed E-state index contributed by atoms with van der Waals surface area (Å²) in [7, 11) is 1.93. The number of anilines is 3. The highest BCUT2D eigenvalue weighted by Gasteiger charge is 2.46. The van der Waals surface area contributed by atoms with Gasteiger partial charge >= 0.3 is 0 Å². The Labute approximate surface area is 250 Å². The van der Waals surface area contributed by atoms with E-state index in [2.05, 4.69) is 26.5 Å². The number of benzene rings is 1. The van der Waals surface area contributed by atoms with Crippen molar-refractivity contribution in [3.63, 3.8) is 0 Å². The minimum Gasteiger partial charge on any atom is -0.389 e. The van der Waals surface area contributed by atoms with E-state index >= 15 is 0 Å². The van der Waals surface area contributed by atoms with Crippen molar-refractivity contribution in [2.75, 3.05) is 62.7 Å². The Bertz CT molecular complexity index is 1680. The largest absolute Gasteiger partial charge is 0.389 e. The molecule has 1 N–H and O–H groups in total. The van der Waals surface area contributed by atoms with Gasteiger partial charge in [-0.25, -0.2) is 14.4 Å². The van der Waals surface area contributed by atoms with Crippen LogP contribution in [0.4, 0.5) is 20.3 Å². The van der Waals surface area contributed by atoms with Gasteiger partial charge in [0.2, 0.25) is 5.91 Å². The minimum absolute atomic E-state index is 0.124. The standard InChI is InChI=1S/C29H31FN8O2S2/c1-18-26(34(2)27-33-25(22(11-31)41-27)19-3-5-20(30)6-4-19)38-15-24(42-28(38)32-18)36-9-7-29(8-10-36)16-35(17-29)14-23(40)37-12-21(39)13-37/h3-6,15,21,39H,7-10,12-14,16-17H2,1-2H3. The van der Waals surface area contributed by atoms with E-state index in [1.165, 1.54) is 28.5 Å². The summed E-state index contributed by atoms with van der Waals surface area (Å²) in [6, 6.07) is 8.29. The van der Waals surface area contributed by atoms with Crippen LogP contribution in [0.5, 0.6) is 0 Å². The molecule has 42 heavy (non-hydrogen) atoms. The summed E-state index contributed by atoms with van der Waals surface area (Å²) in [6.45, 7) is 7.22. The molecule has 3 saturated heterocycles. The van der Waals surface area contributed by atoms with Gasteiger partial charge in [0.1, 0.15) is 33.3 Å². The summed E-state index contributed by atoms with van der Waals surface area (Å²) < 4.78 is 15.6. The predicted molar refractivity (Wildman–Crippen MR) is 161 cm³/mol. The van der Waals surface area contributed by atoms with Crippen LogP contribution in [0.25, 0.3) is 16.2 Å². The van der Waals surface area contributed by atoms with Crippen LogP contribution in [0, 0.1) is 29.5 Å². The van der Waals surface area contributed by atoms with Gasteiger partial charge in [-0.05, 0) is 49.4 Å². The number of nitriles is 1. The third kappa shape index (κ3) is 4.72. The van der Waals surface area contributed by atoms with Gasteiger partial charge in [-0.2, -0.15) is 5.26 Å². The Morgan fingerprint density at radius 3 is 2.57 bits per heavy atom. The van der Waals surface area contributed by atoms with Crippen molar-refractivity contribution >= 4 is 49.5 Å². The first-order valence-corrected chi connectivity index (χ1v) is 15.7. The molecule has 4 aromatic rings. The van der Waals surface area contributed by atoms with Crippen LogP contribution in [0.1, 0.15) is 23.4 Å². The number of carbonyl (C=O) groups is 1. The Kier molecular flexibility index (Phi) is 6.69. The fourth-order valence-corrected chi connectivity index (χ4v) is 8.31. The van der Waals surface area contributed by atoms with Crippen molar-refractivity contribution in [3.05, 3.63) is 46.9 Å². The van der Waals surface area contributed by atoms with Crippen LogP contribution in [-0.4, -0.2) is 94.1 Å². The Balaban J connectivity index is 1.03. The number of hydrogen-bond acceptors (Lipinski definition) is 10. The molecule has 3 aliphatic rings. The highest BCUT2D eigenvalue weighted by Crippen LogP contribution is 2.43. The second-order valence-electron chi connectivity index (χ2n) is 11.7. The first-order valence-electron chi connectivity index (χ1n) is 14.0. The number of imidazole rings is 1. The topological polar surface area (TPSA) is 104 Å². The Hall–Kier alpha value is -3.57. The van der Waals surface area contributed by atoms with Crippen LogP contribution in [-0.2, 0) is 4.79 Å². The summed E-state index contributed by atoms with van der Waals surface area (Å²) in [5.74, 6) is 0.697. The predicted octanol–water partition coefficient (Wildman–Crippen LogP) is 3.71. The lowest BCUT2D eigenvalue weighted by Gasteiger charge is -2.54. The third-order valence-corrected chi connectivity index (χ3v) is 10.8. The molecule has 0 saturated carbocycles. The number of likely N-dealkylation sites (tertiary alicyclic amines) is 2. The van der Waals surface area contributed by atoms with Crippen molar-refractivity contribution < 1.29 is 14.3 Å². The number of hydrogen-bond donors (Lipinski definition) is 1. The summed E-state index contributed by atoms with van der Waals surface area (Å²) in [5.41, 5.74) is 2.42. The van der Waals surface area contributed by atoms with Crippen molar-refractivity contribution in [3.8, 4) is 17.3 Å². The van der Waals surface area contributed by atoms with Gasteiger partial charge in [-0.3, -0.25) is 14.1 Å². The van der Waals surface area contributed by atoms with Crippen LogP contribution in [0.15, 0.2) is 30.5 Å². The highest BCUT2D eigenvalue weighted by molar-refractivity contribution is 7.21. The lowest BCUT2D eigenvalue weighted by molar-refractivity contribution is -0.146. The maximum Gasteiger partial charge on any atom is 0.236 e. The lowest BCUT2D eigenvalue weighted by Crippen LogP contribution is -2.63. The van der Waals surface area contributed by atoms with Gasteiger partial charge < -0.3 is 19.8 Å². The summed E-state index contributed by atoms with van der Waals surface area (Å²) in [4.78, 5) is 31.7. The van der Waals surface area contributed by atoms with E-state index in [1.807, 2.05) is 18.9 Å². The van der Waals surface area contributed by atoms with E-state index in [0.717, 1.165) is 55.5 Å². The van der Waals surface area contributed by atoms with Crippen molar-refractivity contribution in [1.82, 2.24) is 24.2 Å². The molecule has 0 unspecified atom stereocenters. The monoisotopic (exact) mass is 606 g/mol. The number of halogens is 1. The molecule has 1 amide bonds. The van der Waals surface area contributed by atoms with Gasteiger partial charge in [0, 0.05) is 58.1 Å². The fourth-order valence-electron chi connectivity index (χ4n) is 6.39. The molecule has 3 aromatic heterocycles. The van der Waals surface area contributed by atoms with Gasteiger partial charge in [-0.15, -0.1) is 0 Å². The molecule has 3 fully saturated rings. The molecule has 7 rings (SSSR count). The second kappa shape index (κ2) is 10.3. The van der Waals surface area contributed by atoms with E-state index in [4.69, 9.17) is 9.97 Å². The second-order valence-corrected chi connectivity index (χ2v) is 13.6. The van der Waals surface area contributed by atoms with Crippen LogP contribution in [0.2, 0.25) is 0 Å². The highest BCUT2D eigenvalue weighted by atomic mass is 32.1. The lowest BCUT2D eigenvalue weighted by atomic mass is 9.72. The maximum absolute atomic E-state index is 13.5. The van der Waals surface area contributed by atoms with E-state index in [9.17, 15) is 19.6 Å². The smallest absolute Gasteiger partial charge is 0.236 e. The Morgan fingerprint density at radius 2 is 1.90 bits per heavy atom. The number of rotatable bonds is 6. The van der Waals surface area contributed by atoms with E-state index < -0.39 is 0 Å². The zero-order chi connectivity index (χ0) is 29.2. The molecule has 13 heteroatoms. The molecule has 0 aliphatic carbocycles. The zero-order valence-electron chi connectivity index (χ0n) is 23.5.